The molecule has 0 N–H and O–H groups in total. The normalized spacial score (nSPS) is 12.5. The molecule has 0 amide bonds. The van der Waals surface area contributed by atoms with Crippen LogP contribution in [0.4, 0.5) is 13.2 Å². The highest BCUT2D eigenvalue weighted by atomic mass is 28.2. The van der Waals surface area contributed by atoms with Crippen molar-refractivity contribution in [2.75, 3.05) is 6.61 Å². The Bertz CT molecular complexity index is 137. The van der Waals surface area contributed by atoms with Gasteiger partial charge >= 0.3 is 6.18 Å². The number of alkyl halides is 3. The molecule has 0 aromatic heterocycles. The molecule has 66 valence electrons. The largest absolute Gasteiger partial charge is 0.410 e. The monoisotopic (exact) mass is 184 g/mol. The lowest BCUT2D eigenvalue weighted by molar-refractivity contribution is -0.153. The molecule has 0 heterocycles. The van der Waals surface area contributed by atoms with Crippen molar-refractivity contribution in [1.29, 1.82) is 0 Å². The van der Waals surface area contributed by atoms with Crippen LogP contribution < -0.4 is 0 Å². The van der Waals surface area contributed by atoms with E-state index in [-0.39, 0.29) is 0 Å². The second kappa shape index (κ2) is 4.56. The van der Waals surface area contributed by atoms with Gasteiger partial charge in [0.15, 0.2) is 9.76 Å². The van der Waals surface area contributed by atoms with Crippen molar-refractivity contribution in [1.82, 2.24) is 0 Å². The van der Waals surface area contributed by atoms with Crippen LogP contribution >= 0.6 is 0 Å². The maximum Gasteiger partial charge on any atom is 0.410 e. The third kappa shape index (κ3) is 9.71. The molecule has 0 bridgehead atoms. The molecule has 0 aliphatic heterocycles. The Labute approximate surface area is 66.2 Å². The standard InChI is InChI=1S/C6H11F3OSi/c1-5(2)3-11-10-4-6(7,8)9/h3H,4,11H2,1-2H3. The predicted molar refractivity (Wildman–Crippen MR) is 40.0 cm³/mol. The average Bonchev–Trinajstić information content (AvgIpc) is 1.78. The Morgan fingerprint density at radius 2 is 2.00 bits per heavy atom. The zero-order chi connectivity index (χ0) is 8.91. The Morgan fingerprint density at radius 1 is 1.45 bits per heavy atom. The van der Waals surface area contributed by atoms with Crippen LogP contribution in [-0.2, 0) is 4.43 Å². The van der Waals surface area contributed by atoms with Crippen LogP contribution in [0.1, 0.15) is 13.8 Å². The van der Waals surface area contributed by atoms with Crippen LogP contribution in [-0.4, -0.2) is 22.5 Å². The van der Waals surface area contributed by atoms with E-state index in [1.165, 1.54) is 0 Å². The maximum absolute atomic E-state index is 11.5. The molecule has 0 aliphatic rings. The minimum Gasteiger partial charge on any atom is -0.410 e. The van der Waals surface area contributed by atoms with Gasteiger partial charge in [0.1, 0.15) is 6.61 Å². The second-order valence-corrected chi connectivity index (χ2v) is 3.56. The lowest BCUT2D eigenvalue weighted by Crippen LogP contribution is -2.18. The van der Waals surface area contributed by atoms with Crippen molar-refractivity contribution in [2.24, 2.45) is 0 Å². The summed E-state index contributed by atoms with van der Waals surface area (Å²) >= 11 is 0. The van der Waals surface area contributed by atoms with E-state index in [0.29, 0.717) is 0 Å². The van der Waals surface area contributed by atoms with E-state index >= 15 is 0 Å². The van der Waals surface area contributed by atoms with Gasteiger partial charge in [-0.1, -0.05) is 11.3 Å². The number of allylic oxidation sites excluding steroid dienone is 1. The van der Waals surface area contributed by atoms with Gasteiger partial charge in [0.25, 0.3) is 0 Å². The molecule has 5 heteroatoms. The molecule has 0 radical (unpaired) electrons. The summed E-state index contributed by atoms with van der Waals surface area (Å²) in [4.78, 5) is 0. The van der Waals surface area contributed by atoms with Gasteiger partial charge in [0.05, 0.1) is 0 Å². The van der Waals surface area contributed by atoms with Gasteiger partial charge in [-0.2, -0.15) is 13.2 Å². The van der Waals surface area contributed by atoms with E-state index in [0.717, 1.165) is 5.57 Å². The second-order valence-electron chi connectivity index (χ2n) is 2.41. The summed E-state index contributed by atoms with van der Waals surface area (Å²) in [6, 6.07) is 0. The van der Waals surface area contributed by atoms with Gasteiger partial charge in [-0.15, -0.1) is 0 Å². The molecule has 0 atom stereocenters. The Kier molecular flexibility index (Phi) is 4.44. The van der Waals surface area contributed by atoms with Crippen molar-refractivity contribution < 1.29 is 17.6 Å². The van der Waals surface area contributed by atoms with Crippen LogP contribution in [0.5, 0.6) is 0 Å². The minimum absolute atomic E-state index is 1.01. The zero-order valence-corrected chi connectivity index (χ0v) is 7.95. The van der Waals surface area contributed by atoms with E-state index in [2.05, 4.69) is 4.43 Å². The molecule has 0 saturated carbocycles. The number of hydrogen-bond acceptors (Lipinski definition) is 1. The smallest absolute Gasteiger partial charge is 0.410 e. The summed E-state index contributed by atoms with van der Waals surface area (Å²) < 4.78 is 38.8. The van der Waals surface area contributed by atoms with Gasteiger partial charge in [-0.25, -0.2) is 0 Å². The first kappa shape index (κ1) is 10.7. The third-order valence-electron chi connectivity index (χ3n) is 0.875. The van der Waals surface area contributed by atoms with Crippen LogP contribution in [0.25, 0.3) is 0 Å². The van der Waals surface area contributed by atoms with Crippen LogP contribution in [0.15, 0.2) is 11.3 Å². The summed E-state index contributed by atoms with van der Waals surface area (Å²) in [6.45, 7) is 2.57. The molecular formula is C6H11F3OSi. The molecule has 0 aromatic rings. The minimum atomic E-state index is -4.18. The summed E-state index contributed by atoms with van der Waals surface area (Å²) in [5, 5.41) is 0. The molecule has 0 unspecified atom stereocenters. The first-order valence-corrected chi connectivity index (χ1v) is 4.59. The highest BCUT2D eigenvalue weighted by Crippen LogP contribution is 2.13. The summed E-state index contributed by atoms with van der Waals surface area (Å²) in [7, 11) is -1.10. The highest BCUT2D eigenvalue weighted by Gasteiger charge is 2.26. The van der Waals surface area contributed by atoms with Gasteiger partial charge in [0, 0.05) is 0 Å². The maximum atomic E-state index is 11.5. The van der Waals surface area contributed by atoms with Crippen LogP contribution in [0.2, 0.25) is 0 Å². The summed E-state index contributed by atoms with van der Waals surface area (Å²) in [6.07, 6.45) is -4.18. The Balaban J connectivity index is 3.36. The van der Waals surface area contributed by atoms with Crippen molar-refractivity contribution in [3.05, 3.63) is 11.3 Å². The zero-order valence-electron chi connectivity index (χ0n) is 6.53. The van der Waals surface area contributed by atoms with Crippen LogP contribution in [0.3, 0.4) is 0 Å². The van der Waals surface area contributed by atoms with Gasteiger partial charge < -0.3 is 4.43 Å². The molecule has 0 aromatic carbocycles. The summed E-state index contributed by atoms with van der Waals surface area (Å²) in [5.41, 5.74) is 2.75. The van der Waals surface area contributed by atoms with E-state index in [9.17, 15) is 13.2 Å². The molecule has 0 rings (SSSR count). The molecular weight excluding hydrogens is 173 g/mol. The van der Waals surface area contributed by atoms with Gasteiger partial charge in [0.2, 0.25) is 0 Å². The van der Waals surface area contributed by atoms with Crippen molar-refractivity contribution in [3.8, 4) is 0 Å². The van der Waals surface area contributed by atoms with Crippen molar-refractivity contribution in [3.63, 3.8) is 0 Å². The Hall–Kier alpha value is -0.293. The topological polar surface area (TPSA) is 9.23 Å². The van der Waals surface area contributed by atoms with Crippen LogP contribution in [0, 0.1) is 0 Å². The SMILES string of the molecule is CC(C)=C[SiH2]OCC(F)(F)F. The Morgan fingerprint density at radius 3 is 2.36 bits per heavy atom. The quantitative estimate of drug-likeness (QED) is 0.478. The number of halogens is 3. The third-order valence-corrected chi connectivity index (χ3v) is 2.30. The van der Waals surface area contributed by atoms with E-state index < -0.39 is 22.5 Å². The molecule has 0 spiro atoms. The van der Waals surface area contributed by atoms with Crippen molar-refractivity contribution in [2.45, 2.75) is 20.0 Å². The molecule has 1 nitrogen and oxygen atoms in total. The van der Waals surface area contributed by atoms with E-state index in [1.54, 1.807) is 5.70 Å². The fourth-order valence-electron chi connectivity index (χ4n) is 0.400. The fourth-order valence-corrected chi connectivity index (χ4v) is 1.20. The average molecular weight is 184 g/mol. The molecule has 11 heavy (non-hydrogen) atoms. The first-order valence-electron chi connectivity index (χ1n) is 3.19. The molecule has 0 fully saturated rings. The predicted octanol–water partition coefficient (Wildman–Crippen LogP) is 1.57. The lowest BCUT2D eigenvalue weighted by atomic mass is 10.4. The fraction of sp³-hybridized carbons (Fsp3) is 0.667. The first-order chi connectivity index (χ1) is 4.92. The molecule has 0 aliphatic carbocycles. The van der Waals surface area contributed by atoms with Gasteiger partial charge in [-0.05, 0) is 13.8 Å². The number of hydrogen-bond donors (Lipinski definition) is 0. The number of rotatable bonds is 3. The molecule has 0 saturated heterocycles. The van der Waals surface area contributed by atoms with Crippen molar-refractivity contribution >= 4 is 9.76 Å². The lowest BCUT2D eigenvalue weighted by Gasteiger charge is -2.05. The highest BCUT2D eigenvalue weighted by molar-refractivity contribution is 6.34. The van der Waals surface area contributed by atoms with Gasteiger partial charge in [-0.3, -0.25) is 0 Å². The summed E-state index contributed by atoms with van der Waals surface area (Å²) in [5.74, 6) is 0. The van der Waals surface area contributed by atoms with E-state index in [1.807, 2.05) is 13.8 Å². The van der Waals surface area contributed by atoms with E-state index in [4.69, 9.17) is 0 Å².